The monoisotopic (exact) mass is 204 g/mol. The minimum absolute atomic E-state index is 0.683. The molecule has 1 aromatic rings. The van der Waals surface area contributed by atoms with Gasteiger partial charge in [-0.2, -0.15) is 0 Å². The van der Waals surface area contributed by atoms with Crippen LogP contribution in [0.25, 0.3) is 0 Å². The fraction of sp³-hybridized carbons (Fsp3) is 0.571. The largest absolute Gasteiger partial charge is 0.337 e. The summed E-state index contributed by atoms with van der Waals surface area (Å²) in [5.74, 6) is 1.40. The van der Waals surface area contributed by atoms with E-state index < -0.39 is 10.8 Å². The summed E-state index contributed by atoms with van der Waals surface area (Å²) in [5.41, 5.74) is 0. The topological polar surface area (TPSA) is 37.8 Å². The van der Waals surface area contributed by atoms with Crippen molar-refractivity contribution in [2.45, 2.75) is 13.5 Å². The Bertz CT molecular complexity index is 315. The fourth-order valence-electron chi connectivity index (χ4n) is 0.870. The smallest absolute Gasteiger partial charge is 0.177 e. The van der Waals surface area contributed by atoms with Crippen molar-refractivity contribution in [1.82, 2.24) is 9.55 Å². The summed E-state index contributed by atoms with van der Waals surface area (Å²) in [6.45, 7) is 2.66. The highest BCUT2D eigenvalue weighted by molar-refractivity contribution is 7.84. The molecule has 0 radical (unpaired) electrons. The van der Waals surface area contributed by atoms with Crippen LogP contribution < -0.4 is 0 Å². The molecule has 0 aliphatic carbocycles. The first-order valence-electron chi connectivity index (χ1n) is 3.83. The first-order chi connectivity index (χ1) is 5.74. The number of imidazole rings is 1. The molecule has 0 spiro atoms. The molecular weight excluding hydrogens is 192 g/mol. The van der Waals surface area contributed by atoms with Crippen molar-refractivity contribution >= 4 is 23.0 Å². The highest BCUT2D eigenvalue weighted by atomic mass is 32.2. The number of nitrogens with zero attached hydrogens (tertiary/aromatic N) is 1. The number of H-pyrrole nitrogens is 1. The van der Waals surface area contributed by atoms with E-state index in [1.165, 1.54) is 0 Å². The summed E-state index contributed by atoms with van der Waals surface area (Å²) in [4.78, 5) is 2.89. The van der Waals surface area contributed by atoms with Crippen molar-refractivity contribution in [2.24, 2.45) is 0 Å². The third-order valence-corrected chi connectivity index (χ3v) is 3.24. The first-order valence-corrected chi connectivity index (χ1v) is 5.72. The number of hydrogen-bond donors (Lipinski definition) is 1. The Hall–Kier alpha value is -0.420. The molecule has 5 heteroatoms. The maximum Gasteiger partial charge on any atom is 0.177 e. The van der Waals surface area contributed by atoms with Crippen molar-refractivity contribution in [3.63, 3.8) is 0 Å². The summed E-state index contributed by atoms with van der Waals surface area (Å²) in [6.07, 6.45) is 3.66. The quantitative estimate of drug-likeness (QED) is 0.751. The summed E-state index contributed by atoms with van der Waals surface area (Å²) < 4.78 is 13.7. The molecule has 0 aliphatic heterocycles. The molecule has 1 rings (SSSR count). The van der Waals surface area contributed by atoms with E-state index in [-0.39, 0.29) is 0 Å². The zero-order valence-corrected chi connectivity index (χ0v) is 8.58. The molecule has 1 unspecified atom stereocenters. The Kier molecular flexibility index (Phi) is 3.68. The van der Waals surface area contributed by atoms with Crippen LogP contribution in [0.4, 0.5) is 0 Å². The summed E-state index contributed by atoms with van der Waals surface area (Å²) in [7, 11) is -0.701. The third-order valence-electron chi connectivity index (χ3n) is 1.60. The van der Waals surface area contributed by atoms with Gasteiger partial charge in [-0.05, 0) is 12.2 Å². The van der Waals surface area contributed by atoms with E-state index in [1.54, 1.807) is 6.20 Å². The SMILES string of the molecule is CCS(=O)CCn1cc[nH]c1=S. The molecule has 0 bridgehead atoms. The van der Waals surface area contributed by atoms with Crippen molar-refractivity contribution in [2.75, 3.05) is 11.5 Å². The second-order valence-corrected chi connectivity index (χ2v) is 4.64. The maximum atomic E-state index is 11.1. The molecule has 1 heterocycles. The van der Waals surface area contributed by atoms with Gasteiger partial charge in [-0.1, -0.05) is 6.92 Å². The van der Waals surface area contributed by atoms with Gasteiger partial charge in [-0.25, -0.2) is 0 Å². The molecule has 0 fully saturated rings. The summed E-state index contributed by atoms with van der Waals surface area (Å²) in [5, 5.41) is 0. The van der Waals surface area contributed by atoms with Crippen molar-refractivity contribution in [3.8, 4) is 0 Å². The molecule has 0 aromatic carbocycles. The van der Waals surface area contributed by atoms with Gasteiger partial charge in [0.05, 0.1) is 0 Å². The summed E-state index contributed by atoms with van der Waals surface area (Å²) >= 11 is 4.98. The van der Waals surface area contributed by atoms with Crippen LogP contribution in [0, 0.1) is 4.77 Å². The standard InChI is InChI=1S/C7H12N2OS2/c1-2-12(10)6-5-9-4-3-8-7(9)11/h3-4H,2,5-6H2,1H3,(H,8,11). The average Bonchev–Trinajstić information content (AvgIpc) is 2.47. The number of aromatic amines is 1. The van der Waals surface area contributed by atoms with Gasteiger partial charge in [0, 0.05) is 41.2 Å². The van der Waals surface area contributed by atoms with E-state index >= 15 is 0 Å². The molecule has 1 aromatic heterocycles. The van der Waals surface area contributed by atoms with E-state index in [2.05, 4.69) is 4.98 Å². The maximum absolute atomic E-state index is 11.1. The lowest BCUT2D eigenvalue weighted by Gasteiger charge is -1.99. The minimum atomic E-state index is -0.701. The Morgan fingerprint density at radius 3 is 3.00 bits per heavy atom. The number of rotatable bonds is 4. The van der Waals surface area contributed by atoms with Crippen molar-refractivity contribution in [3.05, 3.63) is 17.2 Å². The van der Waals surface area contributed by atoms with E-state index in [0.29, 0.717) is 10.5 Å². The van der Waals surface area contributed by atoms with E-state index in [1.807, 2.05) is 17.7 Å². The second kappa shape index (κ2) is 4.57. The van der Waals surface area contributed by atoms with Crippen LogP contribution in [-0.4, -0.2) is 25.3 Å². The Labute approximate surface area is 79.3 Å². The van der Waals surface area contributed by atoms with Crippen LogP contribution in [-0.2, 0) is 17.3 Å². The Balaban J connectivity index is 2.49. The summed E-state index contributed by atoms with van der Waals surface area (Å²) in [6, 6.07) is 0. The van der Waals surface area contributed by atoms with E-state index in [0.717, 1.165) is 12.3 Å². The van der Waals surface area contributed by atoms with Crippen LogP contribution in [0.1, 0.15) is 6.92 Å². The molecule has 12 heavy (non-hydrogen) atoms. The van der Waals surface area contributed by atoms with E-state index in [9.17, 15) is 4.21 Å². The Morgan fingerprint density at radius 1 is 1.75 bits per heavy atom. The second-order valence-electron chi connectivity index (χ2n) is 2.39. The molecule has 0 saturated heterocycles. The number of hydrogen-bond acceptors (Lipinski definition) is 2. The van der Waals surface area contributed by atoms with Crippen LogP contribution in [0.15, 0.2) is 12.4 Å². The molecule has 68 valence electrons. The highest BCUT2D eigenvalue weighted by Crippen LogP contribution is 1.92. The number of nitrogens with one attached hydrogen (secondary N) is 1. The zero-order chi connectivity index (χ0) is 8.97. The van der Waals surface area contributed by atoms with Crippen LogP contribution in [0.3, 0.4) is 0 Å². The Morgan fingerprint density at radius 2 is 2.50 bits per heavy atom. The lowest BCUT2D eigenvalue weighted by atomic mass is 10.7. The number of aromatic nitrogens is 2. The van der Waals surface area contributed by atoms with Gasteiger partial charge in [-0.15, -0.1) is 0 Å². The van der Waals surface area contributed by atoms with Gasteiger partial charge < -0.3 is 9.55 Å². The van der Waals surface area contributed by atoms with Gasteiger partial charge in [0.25, 0.3) is 0 Å². The average molecular weight is 204 g/mol. The molecule has 1 N–H and O–H groups in total. The normalized spacial score (nSPS) is 13.1. The van der Waals surface area contributed by atoms with E-state index in [4.69, 9.17) is 12.2 Å². The molecule has 1 atom stereocenters. The molecule has 0 amide bonds. The predicted octanol–water partition coefficient (Wildman–Crippen LogP) is 1.31. The lowest BCUT2D eigenvalue weighted by molar-refractivity contribution is 0.673. The van der Waals surface area contributed by atoms with Crippen molar-refractivity contribution in [1.29, 1.82) is 0 Å². The van der Waals surface area contributed by atoms with Gasteiger partial charge in [0.15, 0.2) is 4.77 Å². The molecule has 0 saturated carbocycles. The molecular formula is C7H12N2OS2. The first kappa shape index (κ1) is 9.67. The highest BCUT2D eigenvalue weighted by Gasteiger charge is 1.97. The fourth-order valence-corrected chi connectivity index (χ4v) is 1.78. The molecule has 0 aliphatic rings. The molecule has 3 nitrogen and oxygen atoms in total. The van der Waals surface area contributed by atoms with Crippen LogP contribution >= 0.6 is 12.2 Å². The van der Waals surface area contributed by atoms with Crippen molar-refractivity contribution < 1.29 is 4.21 Å². The van der Waals surface area contributed by atoms with Gasteiger partial charge >= 0.3 is 0 Å². The van der Waals surface area contributed by atoms with Gasteiger partial charge in [0.2, 0.25) is 0 Å². The third kappa shape index (κ3) is 2.57. The van der Waals surface area contributed by atoms with Crippen LogP contribution in [0.5, 0.6) is 0 Å². The minimum Gasteiger partial charge on any atom is -0.337 e. The predicted molar refractivity (Wildman–Crippen MR) is 53.2 cm³/mol. The van der Waals surface area contributed by atoms with Crippen LogP contribution in [0.2, 0.25) is 0 Å². The van der Waals surface area contributed by atoms with Gasteiger partial charge in [0.1, 0.15) is 0 Å². The van der Waals surface area contributed by atoms with Gasteiger partial charge in [-0.3, -0.25) is 4.21 Å². The lowest BCUT2D eigenvalue weighted by Crippen LogP contribution is -2.08. The zero-order valence-electron chi connectivity index (χ0n) is 6.95. The number of aryl methyl sites for hydroxylation is 1.